The Hall–Kier alpha value is -1.93. The second-order valence-corrected chi connectivity index (χ2v) is 7.93. The third-order valence-corrected chi connectivity index (χ3v) is 6.16. The van der Waals surface area contributed by atoms with Gasteiger partial charge in [0.15, 0.2) is 5.76 Å². The van der Waals surface area contributed by atoms with Gasteiger partial charge >= 0.3 is 6.18 Å². The molecular formula is C19H20ClF3N2O3. The fourth-order valence-electron chi connectivity index (χ4n) is 4.26. The lowest BCUT2D eigenvalue weighted by atomic mass is 9.84. The summed E-state index contributed by atoms with van der Waals surface area (Å²) in [7, 11) is 0. The van der Waals surface area contributed by atoms with E-state index in [2.05, 4.69) is 10.1 Å². The minimum atomic E-state index is -4.11. The third kappa shape index (κ3) is 3.55. The molecule has 0 atom stereocenters. The fourth-order valence-corrected chi connectivity index (χ4v) is 4.42. The number of phenols is 2. The molecule has 1 aromatic heterocycles. The van der Waals surface area contributed by atoms with E-state index in [0.717, 1.165) is 17.3 Å². The minimum Gasteiger partial charge on any atom is -0.507 e. The van der Waals surface area contributed by atoms with Crippen LogP contribution >= 0.6 is 11.6 Å². The van der Waals surface area contributed by atoms with Gasteiger partial charge in [-0.05, 0) is 31.7 Å². The molecule has 0 amide bonds. The van der Waals surface area contributed by atoms with Crippen LogP contribution in [0.5, 0.6) is 11.5 Å². The van der Waals surface area contributed by atoms with Crippen molar-refractivity contribution in [2.75, 3.05) is 6.54 Å². The van der Waals surface area contributed by atoms with Gasteiger partial charge < -0.3 is 14.7 Å². The topological polar surface area (TPSA) is 69.7 Å². The number of hydrogen-bond acceptors (Lipinski definition) is 5. The van der Waals surface area contributed by atoms with E-state index in [1.54, 1.807) is 0 Å². The first kappa shape index (κ1) is 19.4. The Bertz CT molecular complexity index is 876. The van der Waals surface area contributed by atoms with Gasteiger partial charge in [-0.2, -0.15) is 13.2 Å². The summed E-state index contributed by atoms with van der Waals surface area (Å²) in [5, 5.41) is 24.0. The Morgan fingerprint density at radius 1 is 1.11 bits per heavy atom. The molecule has 1 aliphatic heterocycles. The highest BCUT2D eigenvalue weighted by molar-refractivity contribution is 6.32. The van der Waals surface area contributed by atoms with Crippen molar-refractivity contribution in [3.63, 3.8) is 0 Å². The molecule has 9 heteroatoms. The molecule has 4 rings (SSSR count). The fraction of sp³-hybridized carbons (Fsp3) is 0.526. The summed E-state index contributed by atoms with van der Waals surface area (Å²) in [5.74, 6) is -1.24. The maximum atomic E-state index is 12.9. The van der Waals surface area contributed by atoms with E-state index in [-0.39, 0.29) is 35.4 Å². The van der Waals surface area contributed by atoms with E-state index in [9.17, 15) is 23.4 Å². The molecule has 0 saturated heterocycles. The van der Waals surface area contributed by atoms with Crippen molar-refractivity contribution in [2.45, 2.75) is 50.9 Å². The zero-order chi connectivity index (χ0) is 20.1. The molecule has 1 fully saturated rings. The molecule has 0 radical (unpaired) electrons. The van der Waals surface area contributed by atoms with Crippen LogP contribution in [0, 0.1) is 5.92 Å². The lowest BCUT2D eigenvalue weighted by molar-refractivity contribution is -0.184. The van der Waals surface area contributed by atoms with Crippen molar-refractivity contribution in [2.24, 2.45) is 5.92 Å². The molecule has 152 valence electrons. The monoisotopic (exact) mass is 416 g/mol. The van der Waals surface area contributed by atoms with Gasteiger partial charge in [0, 0.05) is 37.2 Å². The SMILES string of the molecule is Oc1cc(O)c(-c2onc3c2CN(C2CCC(C(F)(F)F)CC2)CC3)cc1Cl. The number of rotatable bonds is 2. The molecule has 1 aromatic carbocycles. The van der Waals surface area contributed by atoms with Crippen LogP contribution in [0.4, 0.5) is 13.2 Å². The van der Waals surface area contributed by atoms with E-state index >= 15 is 0 Å². The molecule has 1 aliphatic carbocycles. The van der Waals surface area contributed by atoms with Crippen molar-refractivity contribution < 1.29 is 27.9 Å². The molecule has 2 aliphatic rings. The molecule has 5 nitrogen and oxygen atoms in total. The van der Waals surface area contributed by atoms with Crippen molar-refractivity contribution in [1.29, 1.82) is 0 Å². The maximum absolute atomic E-state index is 12.9. The summed E-state index contributed by atoms with van der Waals surface area (Å²) >= 11 is 5.96. The smallest absolute Gasteiger partial charge is 0.391 e. The predicted octanol–water partition coefficient (Wildman–Crippen LogP) is 4.89. The van der Waals surface area contributed by atoms with Gasteiger partial charge in [0.05, 0.1) is 22.2 Å². The first-order chi connectivity index (χ1) is 13.2. The van der Waals surface area contributed by atoms with Crippen LogP contribution in [0.25, 0.3) is 11.3 Å². The number of phenolic OH excluding ortho intramolecular Hbond substituents is 2. The van der Waals surface area contributed by atoms with E-state index in [0.29, 0.717) is 43.7 Å². The molecule has 0 unspecified atom stereocenters. The summed E-state index contributed by atoms with van der Waals surface area (Å²) in [6.07, 6.45) is -2.15. The largest absolute Gasteiger partial charge is 0.507 e. The van der Waals surface area contributed by atoms with Gasteiger partial charge in [-0.15, -0.1) is 0 Å². The molecule has 28 heavy (non-hydrogen) atoms. The number of fused-ring (bicyclic) bond motifs is 1. The Balaban J connectivity index is 1.54. The summed E-state index contributed by atoms with van der Waals surface area (Å²) < 4.78 is 44.2. The van der Waals surface area contributed by atoms with E-state index in [4.69, 9.17) is 16.1 Å². The van der Waals surface area contributed by atoms with Crippen molar-refractivity contribution in [3.05, 3.63) is 28.4 Å². The standard InChI is InChI=1S/C19H20ClF3N2O3/c20-14-7-12(16(26)8-17(14)27)18-13-9-25(6-5-15(13)24-28-18)11-3-1-10(2-4-11)19(21,22)23/h7-8,10-11,26-27H,1-6,9H2. The lowest BCUT2D eigenvalue weighted by Crippen LogP contribution is -2.42. The van der Waals surface area contributed by atoms with Crippen LogP contribution in [0.3, 0.4) is 0 Å². The zero-order valence-electron chi connectivity index (χ0n) is 15.0. The normalized spacial score (nSPS) is 23.6. The highest BCUT2D eigenvalue weighted by atomic mass is 35.5. The summed E-state index contributed by atoms with van der Waals surface area (Å²) in [6, 6.07) is 2.65. The average Bonchev–Trinajstić information content (AvgIpc) is 3.07. The van der Waals surface area contributed by atoms with Crippen molar-refractivity contribution in [3.8, 4) is 22.8 Å². The number of benzene rings is 1. The molecular weight excluding hydrogens is 397 g/mol. The van der Waals surface area contributed by atoms with E-state index < -0.39 is 12.1 Å². The van der Waals surface area contributed by atoms with Crippen molar-refractivity contribution in [1.82, 2.24) is 10.1 Å². The lowest BCUT2D eigenvalue weighted by Gasteiger charge is -2.38. The van der Waals surface area contributed by atoms with Crippen LogP contribution in [-0.4, -0.2) is 39.0 Å². The minimum absolute atomic E-state index is 0.0797. The van der Waals surface area contributed by atoms with Gasteiger partial charge in [0.2, 0.25) is 0 Å². The summed E-state index contributed by atoms with van der Waals surface area (Å²) in [5.41, 5.74) is 1.92. The highest BCUT2D eigenvalue weighted by Crippen LogP contribution is 2.42. The second-order valence-electron chi connectivity index (χ2n) is 7.53. The van der Waals surface area contributed by atoms with E-state index in [1.807, 2.05) is 0 Å². The Kier molecular flexibility index (Phi) is 4.95. The predicted molar refractivity (Wildman–Crippen MR) is 96.2 cm³/mol. The quantitative estimate of drug-likeness (QED) is 0.729. The number of aromatic hydroxyl groups is 2. The molecule has 0 bridgehead atoms. The molecule has 2 heterocycles. The van der Waals surface area contributed by atoms with Gasteiger partial charge in [0.1, 0.15) is 11.5 Å². The van der Waals surface area contributed by atoms with Gasteiger partial charge in [0.25, 0.3) is 0 Å². The first-order valence-electron chi connectivity index (χ1n) is 9.24. The van der Waals surface area contributed by atoms with Gasteiger partial charge in [-0.1, -0.05) is 16.8 Å². The average molecular weight is 417 g/mol. The molecule has 1 saturated carbocycles. The zero-order valence-corrected chi connectivity index (χ0v) is 15.7. The number of nitrogens with zero attached hydrogens (tertiary/aromatic N) is 2. The maximum Gasteiger partial charge on any atom is 0.391 e. The number of alkyl halides is 3. The van der Waals surface area contributed by atoms with Crippen molar-refractivity contribution >= 4 is 11.6 Å². The van der Waals surface area contributed by atoms with Crippen LogP contribution in [0.2, 0.25) is 5.02 Å². The summed E-state index contributed by atoms with van der Waals surface area (Å²) in [6.45, 7) is 1.20. The first-order valence-corrected chi connectivity index (χ1v) is 9.62. The third-order valence-electron chi connectivity index (χ3n) is 5.85. The van der Waals surface area contributed by atoms with Crippen LogP contribution < -0.4 is 0 Å². The molecule has 2 aromatic rings. The second kappa shape index (κ2) is 7.15. The van der Waals surface area contributed by atoms with Crippen LogP contribution in [0.1, 0.15) is 36.9 Å². The van der Waals surface area contributed by atoms with Gasteiger partial charge in [-0.25, -0.2) is 0 Å². The highest BCUT2D eigenvalue weighted by Gasteiger charge is 2.42. The van der Waals surface area contributed by atoms with Gasteiger partial charge in [-0.3, -0.25) is 4.90 Å². The Morgan fingerprint density at radius 2 is 1.82 bits per heavy atom. The van der Waals surface area contributed by atoms with Crippen LogP contribution in [0.15, 0.2) is 16.7 Å². The number of aromatic nitrogens is 1. The van der Waals surface area contributed by atoms with Crippen LogP contribution in [-0.2, 0) is 13.0 Å². The molecule has 2 N–H and O–H groups in total. The molecule has 0 spiro atoms. The Morgan fingerprint density at radius 3 is 2.50 bits per heavy atom. The number of hydrogen-bond donors (Lipinski definition) is 2. The summed E-state index contributed by atoms with van der Waals surface area (Å²) in [4.78, 5) is 2.18. The Labute approximate surface area is 164 Å². The van der Waals surface area contributed by atoms with E-state index in [1.165, 1.54) is 6.07 Å². The number of halogens is 4.